The van der Waals surface area contributed by atoms with E-state index < -0.39 is 12.0 Å². The lowest BCUT2D eigenvalue weighted by Crippen LogP contribution is -2.15. The molecule has 0 amide bonds. The summed E-state index contributed by atoms with van der Waals surface area (Å²) in [5.74, 6) is -0.354. The van der Waals surface area contributed by atoms with Crippen molar-refractivity contribution in [2.75, 3.05) is 6.61 Å². The normalized spacial score (nSPS) is 11.8. The molecule has 0 aliphatic heterocycles. The molecule has 0 saturated heterocycles. The molecule has 0 spiro atoms. The zero-order valence-corrected chi connectivity index (χ0v) is 16.5. The summed E-state index contributed by atoms with van der Waals surface area (Å²) in [7, 11) is 0. The van der Waals surface area contributed by atoms with E-state index >= 15 is 0 Å². The number of para-hydroxylation sites is 1. The number of ether oxygens (including phenoxy) is 1. The molecular weight excluding hydrogens is 390 g/mol. The van der Waals surface area contributed by atoms with Crippen LogP contribution in [0.4, 0.5) is 0 Å². The highest BCUT2D eigenvalue weighted by Gasteiger charge is 2.14. The van der Waals surface area contributed by atoms with Gasteiger partial charge in [-0.25, -0.2) is 0 Å². The first kappa shape index (κ1) is 20.9. The summed E-state index contributed by atoms with van der Waals surface area (Å²) >= 11 is 6.53. The van der Waals surface area contributed by atoms with Gasteiger partial charge in [0.05, 0.1) is 24.1 Å². The van der Waals surface area contributed by atoms with Crippen LogP contribution in [0.25, 0.3) is 11.1 Å². The maximum atomic E-state index is 11.0. The third kappa shape index (κ3) is 5.15. The molecular formula is C23H22ClNO4. The zero-order valence-electron chi connectivity index (χ0n) is 15.7. The minimum atomic E-state index is -0.904. The number of carbonyl (C=O) groups is 1. The summed E-state index contributed by atoms with van der Waals surface area (Å²) in [6.45, 7) is 0.102. The van der Waals surface area contributed by atoms with Gasteiger partial charge >= 0.3 is 5.97 Å². The Labute approximate surface area is 174 Å². The number of halogens is 1. The van der Waals surface area contributed by atoms with E-state index in [1.807, 2.05) is 42.5 Å². The van der Waals surface area contributed by atoms with Crippen LogP contribution in [0.3, 0.4) is 0 Å². The predicted molar refractivity (Wildman–Crippen MR) is 113 cm³/mol. The van der Waals surface area contributed by atoms with Gasteiger partial charge < -0.3 is 20.7 Å². The largest absolute Gasteiger partial charge is 0.489 e. The molecule has 29 heavy (non-hydrogen) atoms. The van der Waals surface area contributed by atoms with Crippen molar-refractivity contribution in [2.24, 2.45) is 5.73 Å². The molecule has 0 heterocycles. The highest BCUT2D eigenvalue weighted by atomic mass is 35.5. The maximum absolute atomic E-state index is 11.0. The molecule has 5 nitrogen and oxygen atoms in total. The minimum Gasteiger partial charge on any atom is -0.489 e. The van der Waals surface area contributed by atoms with Gasteiger partial charge in [0.25, 0.3) is 0 Å². The van der Waals surface area contributed by atoms with E-state index in [-0.39, 0.29) is 19.6 Å². The van der Waals surface area contributed by atoms with Crippen LogP contribution in [0.1, 0.15) is 22.7 Å². The maximum Gasteiger partial charge on any atom is 0.307 e. The van der Waals surface area contributed by atoms with Crippen LogP contribution in [0, 0.1) is 0 Å². The van der Waals surface area contributed by atoms with Gasteiger partial charge in [-0.3, -0.25) is 4.79 Å². The first-order valence-corrected chi connectivity index (χ1v) is 9.54. The topological polar surface area (TPSA) is 92.8 Å². The molecule has 0 saturated carbocycles. The summed E-state index contributed by atoms with van der Waals surface area (Å²) in [6, 6.07) is 19.9. The first-order chi connectivity index (χ1) is 14.0. The second-order valence-corrected chi connectivity index (χ2v) is 7.04. The van der Waals surface area contributed by atoms with Gasteiger partial charge in [0, 0.05) is 11.1 Å². The fourth-order valence-corrected chi connectivity index (χ4v) is 3.48. The minimum absolute atomic E-state index is 0.0935. The molecule has 0 fully saturated rings. The molecule has 0 aliphatic carbocycles. The number of hydrogen-bond acceptors (Lipinski definition) is 4. The molecule has 3 rings (SSSR count). The van der Waals surface area contributed by atoms with E-state index in [1.165, 1.54) is 0 Å². The molecule has 3 aromatic carbocycles. The number of nitrogens with two attached hydrogens (primary N) is 1. The van der Waals surface area contributed by atoms with Crippen molar-refractivity contribution in [1.29, 1.82) is 0 Å². The van der Waals surface area contributed by atoms with E-state index in [0.717, 1.165) is 16.7 Å². The molecule has 0 radical (unpaired) electrons. The van der Waals surface area contributed by atoms with Crippen molar-refractivity contribution in [3.05, 3.63) is 88.4 Å². The Morgan fingerprint density at radius 2 is 1.83 bits per heavy atom. The Hall–Kier alpha value is -2.86. The van der Waals surface area contributed by atoms with Crippen molar-refractivity contribution >= 4 is 17.6 Å². The fourth-order valence-electron chi connectivity index (χ4n) is 3.10. The Kier molecular flexibility index (Phi) is 6.88. The SMILES string of the molecule is N[C@H](CO)c1cccc(-c2cccc(COc3ccccc3CC(=O)O)c2)c1Cl. The van der Waals surface area contributed by atoms with Gasteiger partial charge in [-0.15, -0.1) is 0 Å². The van der Waals surface area contributed by atoms with Gasteiger partial charge in [0.15, 0.2) is 0 Å². The van der Waals surface area contributed by atoms with Crippen LogP contribution < -0.4 is 10.5 Å². The summed E-state index contributed by atoms with van der Waals surface area (Å²) in [5, 5.41) is 18.9. The van der Waals surface area contributed by atoms with E-state index in [0.29, 0.717) is 21.9 Å². The van der Waals surface area contributed by atoms with Crippen LogP contribution in [0.2, 0.25) is 5.02 Å². The highest BCUT2D eigenvalue weighted by Crippen LogP contribution is 2.33. The smallest absolute Gasteiger partial charge is 0.307 e. The van der Waals surface area contributed by atoms with E-state index in [4.69, 9.17) is 27.2 Å². The lowest BCUT2D eigenvalue weighted by molar-refractivity contribution is -0.136. The molecule has 3 aromatic rings. The molecule has 6 heteroatoms. The Morgan fingerprint density at radius 3 is 2.59 bits per heavy atom. The average molecular weight is 412 g/mol. The number of aliphatic carboxylic acids is 1. The Morgan fingerprint density at radius 1 is 1.07 bits per heavy atom. The second-order valence-electron chi connectivity index (χ2n) is 6.67. The quantitative estimate of drug-likeness (QED) is 0.516. The number of aliphatic hydroxyl groups is 1. The number of rotatable bonds is 8. The molecule has 4 N–H and O–H groups in total. The fraction of sp³-hybridized carbons (Fsp3) is 0.174. The van der Waals surface area contributed by atoms with E-state index in [9.17, 15) is 9.90 Å². The molecule has 1 atom stereocenters. The van der Waals surface area contributed by atoms with E-state index in [1.54, 1.807) is 24.3 Å². The van der Waals surface area contributed by atoms with Gasteiger partial charge in [0.1, 0.15) is 12.4 Å². The summed E-state index contributed by atoms with van der Waals surface area (Å²) < 4.78 is 5.88. The van der Waals surface area contributed by atoms with E-state index in [2.05, 4.69) is 0 Å². The van der Waals surface area contributed by atoms with Crippen LogP contribution in [-0.4, -0.2) is 22.8 Å². The third-order valence-electron chi connectivity index (χ3n) is 4.57. The van der Waals surface area contributed by atoms with Gasteiger partial charge in [-0.05, 0) is 28.8 Å². The monoisotopic (exact) mass is 411 g/mol. The Balaban J connectivity index is 1.82. The lowest BCUT2D eigenvalue weighted by atomic mass is 9.98. The molecule has 0 aromatic heterocycles. The highest BCUT2D eigenvalue weighted by molar-refractivity contribution is 6.34. The molecule has 0 aliphatic rings. The van der Waals surface area contributed by atoms with Crippen molar-refractivity contribution in [3.63, 3.8) is 0 Å². The molecule has 0 unspecified atom stereocenters. The van der Waals surface area contributed by atoms with Crippen LogP contribution in [-0.2, 0) is 17.8 Å². The predicted octanol–water partition coefficient (Wildman–Crippen LogP) is 4.21. The van der Waals surface area contributed by atoms with Crippen LogP contribution in [0.5, 0.6) is 5.75 Å². The lowest BCUT2D eigenvalue weighted by Gasteiger charge is -2.15. The standard InChI is InChI=1S/C23H22ClNO4/c24-23-18(8-4-9-19(23)20(25)13-26)16-7-3-5-15(11-16)14-29-21-10-2-1-6-17(21)12-22(27)28/h1-11,20,26H,12-14,25H2,(H,27,28)/t20-/m1/s1. The van der Waals surface area contributed by atoms with Crippen molar-refractivity contribution in [2.45, 2.75) is 19.1 Å². The average Bonchev–Trinajstić information content (AvgIpc) is 2.72. The number of carboxylic acids is 1. The molecule has 0 bridgehead atoms. The summed E-state index contributed by atoms with van der Waals surface area (Å²) in [4.78, 5) is 11.0. The van der Waals surface area contributed by atoms with Crippen molar-refractivity contribution in [3.8, 4) is 16.9 Å². The van der Waals surface area contributed by atoms with Crippen LogP contribution >= 0.6 is 11.6 Å². The summed E-state index contributed by atoms with van der Waals surface area (Å²) in [6.07, 6.45) is -0.0935. The second kappa shape index (κ2) is 9.56. The zero-order chi connectivity index (χ0) is 20.8. The first-order valence-electron chi connectivity index (χ1n) is 9.16. The number of carboxylic acid groups (broad SMARTS) is 1. The van der Waals surface area contributed by atoms with Gasteiger partial charge in [0.2, 0.25) is 0 Å². The van der Waals surface area contributed by atoms with Crippen LogP contribution in [0.15, 0.2) is 66.7 Å². The number of aliphatic hydroxyl groups excluding tert-OH is 1. The summed E-state index contributed by atoms with van der Waals surface area (Å²) in [5.41, 5.74) is 9.90. The third-order valence-corrected chi connectivity index (χ3v) is 4.99. The molecule has 150 valence electrons. The Bertz CT molecular complexity index is 1010. The van der Waals surface area contributed by atoms with Gasteiger partial charge in [-0.2, -0.15) is 0 Å². The van der Waals surface area contributed by atoms with Crippen molar-refractivity contribution in [1.82, 2.24) is 0 Å². The van der Waals surface area contributed by atoms with Crippen molar-refractivity contribution < 1.29 is 19.7 Å². The number of benzene rings is 3. The van der Waals surface area contributed by atoms with Gasteiger partial charge in [-0.1, -0.05) is 66.2 Å². The number of hydrogen-bond donors (Lipinski definition) is 3.